The van der Waals surface area contributed by atoms with Crippen LogP contribution in [-0.4, -0.2) is 23.7 Å². The summed E-state index contributed by atoms with van der Waals surface area (Å²) in [6, 6.07) is 7.53. The highest BCUT2D eigenvalue weighted by molar-refractivity contribution is 9.10. The molecule has 0 saturated carbocycles. The van der Waals surface area contributed by atoms with Crippen molar-refractivity contribution in [3.8, 4) is 5.75 Å². The number of pyridine rings is 1. The van der Waals surface area contributed by atoms with Gasteiger partial charge in [0.05, 0.1) is 10.7 Å². The van der Waals surface area contributed by atoms with Crippen molar-refractivity contribution in [3.63, 3.8) is 0 Å². The molecule has 2 rings (SSSR count). The van der Waals surface area contributed by atoms with E-state index in [2.05, 4.69) is 31.4 Å². The Balaban J connectivity index is 1.87. The zero-order valence-corrected chi connectivity index (χ0v) is 13.9. The van der Waals surface area contributed by atoms with Crippen LogP contribution in [0.4, 0.5) is 0 Å². The third-order valence-electron chi connectivity index (χ3n) is 2.83. The van der Waals surface area contributed by atoms with Crippen molar-refractivity contribution in [1.29, 1.82) is 0 Å². The summed E-state index contributed by atoms with van der Waals surface area (Å²) in [5.74, 6) is 0.344. The summed E-state index contributed by atoms with van der Waals surface area (Å²) in [5.41, 5.74) is 5.38. The molecule has 0 aliphatic carbocycles. The van der Waals surface area contributed by atoms with Crippen molar-refractivity contribution in [1.82, 2.24) is 10.4 Å². The molecule has 5 nitrogen and oxygen atoms in total. The van der Waals surface area contributed by atoms with Crippen LogP contribution in [0.2, 0.25) is 0 Å². The highest BCUT2D eigenvalue weighted by Gasteiger charge is 2.08. The van der Waals surface area contributed by atoms with Crippen LogP contribution in [0, 0.1) is 13.8 Å². The number of nitrogens with zero attached hydrogens (tertiary/aromatic N) is 2. The van der Waals surface area contributed by atoms with E-state index >= 15 is 0 Å². The lowest BCUT2D eigenvalue weighted by Crippen LogP contribution is -2.24. The second-order valence-corrected chi connectivity index (χ2v) is 5.61. The largest absolute Gasteiger partial charge is 0.482 e. The minimum atomic E-state index is -0.322. The molecule has 6 heteroatoms. The number of halogens is 1. The normalized spacial score (nSPS) is 10.7. The maximum Gasteiger partial charge on any atom is 0.277 e. The summed E-state index contributed by atoms with van der Waals surface area (Å²) in [4.78, 5) is 15.6. The smallest absolute Gasteiger partial charge is 0.277 e. The lowest BCUT2D eigenvalue weighted by molar-refractivity contribution is -0.123. The Morgan fingerprint density at radius 1 is 1.36 bits per heavy atom. The van der Waals surface area contributed by atoms with Crippen molar-refractivity contribution >= 4 is 28.1 Å². The van der Waals surface area contributed by atoms with E-state index < -0.39 is 0 Å². The van der Waals surface area contributed by atoms with Gasteiger partial charge in [0, 0.05) is 12.4 Å². The molecule has 0 aliphatic heterocycles. The van der Waals surface area contributed by atoms with Crippen LogP contribution in [0.25, 0.3) is 0 Å². The monoisotopic (exact) mass is 361 g/mol. The van der Waals surface area contributed by atoms with Gasteiger partial charge >= 0.3 is 0 Å². The topological polar surface area (TPSA) is 63.6 Å². The molecule has 0 unspecified atom stereocenters. The fourth-order valence-corrected chi connectivity index (χ4v) is 2.67. The first-order chi connectivity index (χ1) is 10.6. The van der Waals surface area contributed by atoms with E-state index in [4.69, 9.17) is 4.74 Å². The second kappa shape index (κ2) is 7.70. The van der Waals surface area contributed by atoms with E-state index in [1.165, 1.54) is 0 Å². The first-order valence-corrected chi connectivity index (χ1v) is 7.47. The first kappa shape index (κ1) is 16.2. The Labute approximate surface area is 137 Å². The van der Waals surface area contributed by atoms with Crippen LogP contribution in [0.15, 0.2) is 46.2 Å². The van der Waals surface area contributed by atoms with Gasteiger partial charge in [0.15, 0.2) is 6.61 Å². The number of carbonyl (C=O) groups excluding carboxylic acids is 1. The zero-order chi connectivity index (χ0) is 15.9. The number of hydrazone groups is 1. The maximum atomic E-state index is 11.7. The van der Waals surface area contributed by atoms with Gasteiger partial charge in [-0.3, -0.25) is 9.78 Å². The third-order valence-corrected chi connectivity index (χ3v) is 3.42. The molecule has 1 heterocycles. The molecule has 0 atom stereocenters. The molecule has 1 N–H and O–H groups in total. The predicted molar refractivity (Wildman–Crippen MR) is 89.1 cm³/mol. The van der Waals surface area contributed by atoms with E-state index in [0.29, 0.717) is 5.75 Å². The molecule has 22 heavy (non-hydrogen) atoms. The summed E-state index contributed by atoms with van der Waals surface area (Å²) in [7, 11) is 0. The first-order valence-electron chi connectivity index (χ1n) is 6.68. The Hall–Kier alpha value is -2.21. The third kappa shape index (κ3) is 4.66. The van der Waals surface area contributed by atoms with Crippen molar-refractivity contribution < 1.29 is 9.53 Å². The molecule has 0 saturated heterocycles. The number of carbonyl (C=O) groups is 1. The van der Waals surface area contributed by atoms with E-state index in [0.717, 1.165) is 21.2 Å². The Morgan fingerprint density at radius 2 is 2.09 bits per heavy atom. The number of amides is 1. The van der Waals surface area contributed by atoms with Gasteiger partial charge in [0.1, 0.15) is 5.75 Å². The van der Waals surface area contributed by atoms with Crippen molar-refractivity contribution in [2.45, 2.75) is 13.8 Å². The van der Waals surface area contributed by atoms with Crippen LogP contribution in [0.3, 0.4) is 0 Å². The summed E-state index contributed by atoms with van der Waals surface area (Å²) < 4.78 is 6.38. The number of nitrogens with one attached hydrogen (secondary N) is 1. The summed E-state index contributed by atoms with van der Waals surface area (Å²) in [6.45, 7) is 3.84. The predicted octanol–water partition coefficient (Wildman–Crippen LogP) is 2.99. The van der Waals surface area contributed by atoms with E-state index in [1.54, 1.807) is 30.7 Å². The second-order valence-electron chi connectivity index (χ2n) is 4.76. The maximum absolute atomic E-state index is 11.7. The van der Waals surface area contributed by atoms with Gasteiger partial charge in [-0.15, -0.1) is 0 Å². The average molecular weight is 362 g/mol. The van der Waals surface area contributed by atoms with Crippen LogP contribution < -0.4 is 10.2 Å². The Bertz CT molecular complexity index is 664. The number of rotatable bonds is 5. The van der Waals surface area contributed by atoms with Crippen LogP contribution >= 0.6 is 15.9 Å². The molecule has 0 radical (unpaired) electrons. The summed E-state index contributed by atoms with van der Waals surface area (Å²) in [6.07, 6.45) is 4.86. The van der Waals surface area contributed by atoms with Crippen LogP contribution in [-0.2, 0) is 4.79 Å². The van der Waals surface area contributed by atoms with Gasteiger partial charge in [-0.1, -0.05) is 6.07 Å². The molecule has 0 aliphatic rings. The van der Waals surface area contributed by atoms with Gasteiger partial charge in [-0.05, 0) is 64.7 Å². The highest BCUT2D eigenvalue weighted by atomic mass is 79.9. The standard InChI is InChI=1S/C16H16BrN3O2/c1-11-7-12(2)16(14(17)8-11)22-10-15(21)20-19-9-13-3-5-18-6-4-13/h3-9H,10H2,1-2H3,(H,20,21)/b19-9+. The van der Waals surface area contributed by atoms with Crippen molar-refractivity contribution in [2.24, 2.45) is 5.10 Å². The number of hydrogen-bond acceptors (Lipinski definition) is 4. The molecule has 0 fully saturated rings. The number of ether oxygens (including phenoxy) is 1. The van der Waals surface area contributed by atoms with Crippen LogP contribution in [0.1, 0.15) is 16.7 Å². The number of aromatic nitrogens is 1. The quantitative estimate of drug-likeness (QED) is 0.657. The van der Waals surface area contributed by atoms with Gasteiger partial charge in [0.25, 0.3) is 5.91 Å². The molecule has 2 aromatic rings. The van der Waals surface area contributed by atoms with E-state index in [1.807, 2.05) is 26.0 Å². The average Bonchev–Trinajstić information content (AvgIpc) is 2.47. The van der Waals surface area contributed by atoms with Gasteiger partial charge in [-0.25, -0.2) is 5.43 Å². The summed E-state index contributed by atoms with van der Waals surface area (Å²) in [5, 5.41) is 3.87. The Morgan fingerprint density at radius 3 is 2.77 bits per heavy atom. The Kier molecular flexibility index (Phi) is 5.66. The molecule has 1 aromatic heterocycles. The van der Waals surface area contributed by atoms with Crippen LogP contribution in [0.5, 0.6) is 5.75 Å². The van der Waals surface area contributed by atoms with Gasteiger partial charge in [-0.2, -0.15) is 5.10 Å². The number of benzene rings is 1. The lowest BCUT2D eigenvalue weighted by Gasteiger charge is -2.11. The highest BCUT2D eigenvalue weighted by Crippen LogP contribution is 2.29. The molecule has 114 valence electrons. The minimum absolute atomic E-state index is 0.101. The van der Waals surface area contributed by atoms with E-state index in [9.17, 15) is 4.79 Å². The fraction of sp³-hybridized carbons (Fsp3) is 0.188. The number of hydrogen-bond donors (Lipinski definition) is 1. The van der Waals surface area contributed by atoms with Gasteiger partial charge in [0.2, 0.25) is 0 Å². The molecule has 0 bridgehead atoms. The lowest BCUT2D eigenvalue weighted by atomic mass is 10.1. The molecule has 0 spiro atoms. The summed E-state index contributed by atoms with van der Waals surface area (Å²) >= 11 is 3.44. The zero-order valence-electron chi connectivity index (χ0n) is 12.3. The molecular formula is C16H16BrN3O2. The van der Waals surface area contributed by atoms with Gasteiger partial charge < -0.3 is 4.74 Å². The molecule has 1 aromatic carbocycles. The number of aryl methyl sites for hydroxylation is 2. The van der Waals surface area contributed by atoms with E-state index in [-0.39, 0.29) is 12.5 Å². The molecular weight excluding hydrogens is 346 g/mol. The van der Waals surface area contributed by atoms with Crippen molar-refractivity contribution in [3.05, 3.63) is 57.8 Å². The fourth-order valence-electron chi connectivity index (χ4n) is 1.88. The minimum Gasteiger partial charge on any atom is -0.482 e. The van der Waals surface area contributed by atoms with Crippen molar-refractivity contribution in [2.75, 3.05) is 6.61 Å². The SMILES string of the molecule is Cc1cc(C)c(OCC(=O)N/N=C/c2ccncc2)c(Br)c1. The molecule has 1 amide bonds.